The fraction of sp³-hybridized carbons (Fsp3) is 0.353. The van der Waals surface area contributed by atoms with Gasteiger partial charge < -0.3 is 10.6 Å². The summed E-state index contributed by atoms with van der Waals surface area (Å²) >= 11 is 0. The number of amides is 2. The predicted octanol–water partition coefficient (Wildman–Crippen LogP) is 2.25. The highest BCUT2D eigenvalue weighted by Gasteiger charge is 2.26. The Bertz CT molecular complexity index is 781. The van der Waals surface area contributed by atoms with Gasteiger partial charge in [-0.3, -0.25) is 14.7 Å². The van der Waals surface area contributed by atoms with Crippen molar-refractivity contribution in [3.8, 4) is 0 Å². The second-order valence-corrected chi connectivity index (χ2v) is 6.22. The van der Waals surface area contributed by atoms with E-state index in [0.717, 1.165) is 36.7 Å². The average molecular weight is 348 g/mol. The monoisotopic (exact) mass is 348 g/mol. The summed E-state index contributed by atoms with van der Waals surface area (Å²) in [7, 11) is 0. The van der Waals surface area contributed by atoms with E-state index in [1.165, 1.54) is 6.92 Å². The lowest BCUT2D eigenvalue weighted by Crippen LogP contribution is -2.42. The van der Waals surface area contributed by atoms with Crippen LogP contribution in [0, 0.1) is 11.6 Å². The van der Waals surface area contributed by atoms with Gasteiger partial charge in [0.2, 0.25) is 11.8 Å². The van der Waals surface area contributed by atoms with Crippen LogP contribution in [0.1, 0.15) is 36.9 Å². The van der Waals surface area contributed by atoms with Crippen molar-refractivity contribution in [2.24, 2.45) is 0 Å². The van der Waals surface area contributed by atoms with E-state index in [1.807, 2.05) is 0 Å². The van der Waals surface area contributed by atoms with Crippen molar-refractivity contribution in [1.82, 2.24) is 15.5 Å². The summed E-state index contributed by atoms with van der Waals surface area (Å²) in [6.07, 6.45) is 2.01. The average Bonchev–Trinajstić information content (AvgIpc) is 3.26. The van der Waals surface area contributed by atoms with Crippen LogP contribution in [0.25, 0.3) is 0 Å². The summed E-state index contributed by atoms with van der Waals surface area (Å²) in [6, 6.07) is 3.86. The van der Waals surface area contributed by atoms with Crippen molar-refractivity contribution in [3.63, 3.8) is 0 Å². The Labute approximate surface area is 143 Å². The number of rotatable bonds is 6. The summed E-state index contributed by atoms with van der Waals surface area (Å²) in [6.45, 7) is 1.52. The van der Waals surface area contributed by atoms with Gasteiger partial charge in [-0.05, 0) is 37.5 Å². The lowest BCUT2D eigenvalue weighted by atomic mass is 10.1. The van der Waals surface area contributed by atoms with E-state index in [2.05, 4.69) is 20.8 Å². The number of H-pyrrole nitrogens is 1. The predicted molar refractivity (Wildman–Crippen MR) is 86.9 cm³/mol. The quantitative estimate of drug-likeness (QED) is 0.748. The molecule has 3 N–H and O–H groups in total. The highest BCUT2D eigenvalue weighted by molar-refractivity contribution is 5.96. The highest BCUT2D eigenvalue weighted by Crippen LogP contribution is 2.39. The van der Waals surface area contributed by atoms with Gasteiger partial charge >= 0.3 is 0 Å². The molecule has 0 saturated heterocycles. The standard InChI is InChI=1S/C17H18F2N4O2/c1-9(17(25)21-15-8-14(22-23-15)11-2-3-11)20-16(24)6-10-4-12(18)7-13(19)5-10/h4-5,7-9,11H,2-3,6H2,1H3,(H,20,24)(H2,21,22,23,25)/t9-/m0/s1. The lowest BCUT2D eigenvalue weighted by Gasteiger charge is -2.13. The first-order chi connectivity index (χ1) is 11.9. The Morgan fingerprint density at radius 3 is 2.56 bits per heavy atom. The van der Waals surface area contributed by atoms with E-state index in [9.17, 15) is 18.4 Å². The highest BCUT2D eigenvalue weighted by atomic mass is 19.1. The van der Waals surface area contributed by atoms with Gasteiger partial charge in [0.05, 0.1) is 6.42 Å². The number of aromatic nitrogens is 2. The molecule has 0 spiro atoms. The molecule has 1 aromatic heterocycles. The number of nitrogens with one attached hydrogen (secondary N) is 3. The van der Waals surface area contributed by atoms with E-state index in [-0.39, 0.29) is 12.0 Å². The Kier molecular flexibility index (Phi) is 4.78. The zero-order valence-corrected chi connectivity index (χ0v) is 13.6. The number of hydrogen-bond donors (Lipinski definition) is 3. The van der Waals surface area contributed by atoms with E-state index in [1.54, 1.807) is 6.07 Å². The van der Waals surface area contributed by atoms with Gasteiger partial charge in [0.1, 0.15) is 17.7 Å². The van der Waals surface area contributed by atoms with Gasteiger partial charge in [0, 0.05) is 23.7 Å². The molecule has 6 nitrogen and oxygen atoms in total. The number of anilines is 1. The molecule has 1 aliphatic carbocycles. The fourth-order valence-corrected chi connectivity index (χ4v) is 2.50. The molecule has 1 saturated carbocycles. The van der Waals surface area contributed by atoms with Gasteiger partial charge in [-0.25, -0.2) is 8.78 Å². The molecule has 2 aromatic rings. The Morgan fingerprint density at radius 1 is 1.24 bits per heavy atom. The molecule has 132 valence electrons. The zero-order chi connectivity index (χ0) is 18.0. The van der Waals surface area contributed by atoms with Crippen LogP contribution in [-0.2, 0) is 16.0 Å². The summed E-state index contributed by atoms with van der Waals surface area (Å²) in [5, 5.41) is 12.0. The SMILES string of the molecule is C[C@H](NC(=O)Cc1cc(F)cc(F)c1)C(=O)Nc1cc(C2CC2)[nH]n1. The topological polar surface area (TPSA) is 86.9 Å². The molecule has 1 fully saturated rings. The lowest BCUT2D eigenvalue weighted by molar-refractivity contribution is -0.125. The number of carbonyl (C=O) groups is 2. The molecule has 0 radical (unpaired) electrons. The first kappa shape index (κ1) is 17.1. The van der Waals surface area contributed by atoms with Crippen LogP contribution in [0.2, 0.25) is 0 Å². The van der Waals surface area contributed by atoms with Crippen molar-refractivity contribution in [1.29, 1.82) is 0 Å². The third-order valence-corrected chi connectivity index (χ3v) is 3.92. The maximum Gasteiger partial charge on any atom is 0.247 e. The Hall–Kier alpha value is -2.77. The van der Waals surface area contributed by atoms with Gasteiger partial charge in [-0.1, -0.05) is 0 Å². The van der Waals surface area contributed by atoms with Gasteiger partial charge in [0.25, 0.3) is 0 Å². The summed E-state index contributed by atoms with van der Waals surface area (Å²) in [5.74, 6) is -1.54. The molecular weight excluding hydrogens is 330 g/mol. The van der Waals surface area contributed by atoms with Gasteiger partial charge in [-0.15, -0.1) is 0 Å². The van der Waals surface area contributed by atoms with E-state index in [0.29, 0.717) is 11.7 Å². The Morgan fingerprint density at radius 2 is 1.92 bits per heavy atom. The third kappa shape index (κ3) is 4.62. The largest absolute Gasteiger partial charge is 0.344 e. The number of nitrogens with zero attached hydrogens (tertiary/aromatic N) is 1. The second-order valence-electron chi connectivity index (χ2n) is 6.22. The van der Waals surface area contributed by atoms with Crippen LogP contribution in [0.3, 0.4) is 0 Å². The molecule has 1 atom stereocenters. The number of hydrogen-bond acceptors (Lipinski definition) is 3. The molecule has 1 aromatic carbocycles. The number of benzene rings is 1. The van der Waals surface area contributed by atoms with Crippen LogP contribution in [-0.4, -0.2) is 28.1 Å². The van der Waals surface area contributed by atoms with Crippen molar-refractivity contribution >= 4 is 17.6 Å². The molecule has 1 aliphatic rings. The first-order valence-electron chi connectivity index (χ1n) is 8.01. The van der Waals surface area contributed by atoms with Crippen LogP contribution in [0.4, 0.5) is 14.6 Å². The summed E-state index contributed by atoms with van der Waals surface area (Å²) in [5.41, 5.74) is 1.18. The normalized spacial score (nSPS) is 14.8. The van der Waals surface area contributed by atoms with Crippen LogP contribution >= 0.6 is 0 Å². The molecule has 0 bridgehead atoms. The van der Waals surface area contributed by atoms with Crippen molar-refractivity contribution in [3.05, 3.63) is 47.2 Å². The van der Waals surface area contributed by atoms with E-state index >= 15 is 0 Å². The number of carbonyl (C=O) groups excluding carboxylic acids is 2. The zero-order valence-electron chi connectivity index (χ0n) is 13.6. The second kappa shape index (κ2) is 7.00. The molecule has 8 heteroatoms. The van der Waals surface area contributed by atoms with Crippen molar-refractivity contribution in [2.75, 3.05) is 5.32 Å². The number of aromatic amines is 1. The molecule has 25 heavy (non-hydrogen) atoms. The molecule has 3 rings (SSSR count). The minimum Gasteiger partial charge on any atom is -0.344 e. The molecule has 2 amide bonds. The Balaban J connectivity index is 1.52. The van der Waals surface area contributed by atoms with Gasteiger partial charge in [-0.2, -0.15) is 5.10 Å². The maximum atomic E-state index is 13.1. The summed E-state index contributed by atoms with van der Waals surface area (Å²) < 4.78 is 26.3. The molecule has 0 unspecified atom stereocenters. The molecule has 0 aliphatic heterocycles. The smallest absolute Gasteiger partial charge is 0.247 e. The van der Waals surface area contributed by atoms with Crippen molar-refractivity contribution < 1.29 is 18.4 Å². The fourth-order valence-electron chi connectivity index (χ4n) is 2.50. The molecular formula is C17H18F2N4O2. The van der Waals surface area contributed by atoms with Crippen LogP contribution in [0.5, 0.6) is 0 Å². The van der Waals surface area contributed by atoms with E-state index in [4.69, 9.17) is 0 Å². The van der Waals surface area contributed by atoms with Crippen molar-refractivity contribution in [2.45, 2.75) is 38.1 Å². The van der Waals surface area contributed by atoms with Crippen LogP contribution < -0.4 is 10.6 Å². The first-order valence-corrected chi connectivity index (χ1v) is 8.01. The minimum atomic E-state index is -0.813. The molecule has 1 heterocycles. The minimum absolute atomic E-state index is 0.198. The van der Waals surface area contributed by atoms with E-state index < -0.39 is 29.5 Å². The van der Waals surface area contributed by atoms with Crippen LogP contribution in [0.15, 0.2) is 24.3 Å². The number of halogens is 2. The maximum absolute atomic E-state index is 13.1. The third-order valence-electron chi connectivity index (χ3n) is 3.92. The van der Waals surface area contributed by atoms with Gasteiger partial charge in [0.15, 0.2) is 5.82 Å². The summed E-state index contributed by atoms with van der Waals surface area (Å²) in [4.78, 5) is 24.0.